The molecule has 0 unspecified atom stereocenters. The van der Waals surface area contributed by atoms with Gasteiger partial charge in [-0.1, -0.05) is 41.9 Å². The van der Waals surface area contributed by atoms with Crippen molar-refractivity contribution in [1.29, 1.82) is 0 Å². The van der Waals surface area contributed by atoms with Crippen molar-refractivity contribution in [3.05, 3.63) is 64.9 Å². The van der Waals surface area contributed by atoms with Crippen LogP contribution in [0.3, 0.4) is 0 Å². The summed E-state index contributed by atoms with van der Waals surface area (Å²) in [5, 5.41) is 0.825. The monoisotopic (exact) mass is 526 g/mol. The number of hydrogen-bond donors (Lipinski definition) is 0. The highest BCUT2D eigenvalue weighted by Gasteiger charge is 2.35. The van der Waals surface area contributed by atoms with Gasteiger partial charge < -0.3 is 9.80 Å². The van der Waals surface area contributed by atoms with E-state index < -0.39 is 0 Å². The Balaban J connectivity index is 1.23. The van der Waals surface area contributed by atoms with E-state index in [2.05, 4.69) is 31.7 Å². The third kappa shape index (κ3) is 6.65. The van der Waals surface area contributed by atoms with Crippen molar-refractivity contribution in [2.24, 2.45) is 5.92 Å². The first kappa shape index (κ1) is 26.5. The fraction of sp³-hybridized carbons (Fsp3) is 0.567. The van der Waals surface area contributed by atoms with Crippen molar-refractivity contribution >= 4 is 23.2 Å². The third-order valence-corrected chi connectivity index (χ3v) is 8.91. The predicted molar refractivity (Wildman–Crippen MR) is 148 cm³/mol. The van der Waals surface area contributed by atoms with Crippen LogP contribution < -0.4 is 4.90 Å². The summed E-state index contributed by atoms with van der Waals surface area (Å²) in [6.45, 7) is 8.23. The molecule has 200 valence electrons. The maximum atomic E-state index is 14.4. The average Bonchev–Trinajstić information content (AvgIpc) is 2.94. The van der Waals surface area contributed by atoms with Crippen molar-refractivity contribution in [3.63, 3.8) is 0 Å². The van der Waals surface area contributed by atoms with Gasteiger partial charge in [-0.25, -0.2) is 4.39 Å². The summed E-state index contributed by atoms with van der Waals surface area (Å²) in [7, 11) is 0. The summed E-state index contributed by atoms with van der Waals surface area (Å²) in [5.74, 6) is 0.619. The number of carbonyl (C=O) groups excluding carboxylic acids is 1. The van der Waals surface area contributed by atoms with Crippen molar-refractivity contribution in [3.8, 4) is 0 Å². The molecule has 37 heavy (non-hydrogen) atoms. The van der Waals surface area contributed by atoms with E-state index in [4.69, 9.17) is 11.6 Å². The van der Waals surface area contributed by atoms with Gasteiger partial charge in [-0.05, 0) is 68.3 Å². The minimum absolute atomic E-state index is 0.141. The molecule has 3 aliphatic heterocycles. The van der Waals surface area contributed by atoms with Crippen LogP contribution in [0.15, 0.2) is 48.5 Å². The minimum atomic E-state index is -0.141. The number of carbonyl (C=O) groups is 1. The summed E-state index contributed by atoms with van der Waals surface area (Å²) >= 11 is 6.48. The topological polar surface area (TPSA) is 30.0 Å². The lowest BCUT2D eigenvalue weighted by Crippen LogP contribution is -2.57. The van der Waals surface area contributed by atoms with E-state index in [-0.39, 0.29) is 5.82 Å². The third-order valence-electron chi connectivity index (χ3n) is 8.54. The molecule has 2 aromatic rings. The number of rotatable bonds is 7. The molecule has 3 heterocycles. The molecular formula is C30H40ClFN4O. The molecule has 0 N–H and O–H groups in total. The Kier molecular flexibility index (Phi) is 9.01. The van der Waals surface area contributed by atoms with Crippen LogP contribution in [0.2, 0.25) is 5.02 Å². The van der Waals surface area contributed by atoms with Crippen LogP contribution in [0, 0.1) is 11.7 Å². The molecule has 0 saturated carbocycles. The van der Waals surface area contributed by atoms with E-state index >= 15 is 0 Å². The van der Waals surface area contributed by atoms with Gasteiger partial charge in [0.15, 0.2) is 0 Å². The molecule has 1 amide bonds. The van der Waals surface area contributed by atoms with Crippen molar-refractivity contribution < 1.29 is 9.18 Å². The largest absolute Gasteiger partial charge is 0.367 e. The number of piperidine rings is 2. The Morgan fingerprint density at radius 3 is 2.38 bits per heavy atom. The second-order valence-electron chi connectivity index (χ2n) is 10.9. The summed E-state index contributed by atoms with van der Waals surface area (Å²) in [4.78, 5) is 22.4. The van der Waals surface area contributed by atoms with Gasteiger partial charge in [0.1, 0.15) is 5.82 Å². The van der Waals surface area contributed by atoms with E-state index in [0.29, 0.717) is 30.0 Å². The zero-order valence-electron chi connectivity index (χ0n) is 21.8. The summed E-state index contributed by atoms with van der Waals surface area (Å²) in [5.41, 5.74) is 1.88. The highest BCUT2D eigenvalue weighted by molar-refractivity contribution is 6.31. The van der Waals surface area contributed by atoms with E-state index in [1.165, 1.54) is 12.0 Å². The van der Waals surface area contributed by atoms with Crippen LogP contribution in [0.25, 0.3) is 0 Å². The molecule has 2 aromatic carbocycles. The molecule has 3 fully saturated rings. The predicted octanol–water partition coefficient (Wildman–Crippen LogP) is 5.28. The lowest BCUT2D eigenvalue weighted by molar-refractivity contribution is -0.132. The number of amides is 1. The van der Waals surface area contributed by atoms with E-state index in [1.807, 2.05) is 24.3 Å². The standard InChI is InChI=1S/C30H40ClFN4O/c31-26-9-3-2-8-24(26)22-33-17-14-28(25(23-33)12-13-30(37)36-15-6-1-7-16-36)34-18-20-35(21-19-34)29-11-5-4-10-27(29)32/h2-5,8-11,25,28H,1,6-7,12-23H2/t25-,28+/m0/s1. The Labute approximate surface area is 226 Å². The van der Waals surface area contributed by atoms with E-state index in [9.17, 15) is 9.18 Å². The molecule has 0 spiro atoms. The molecule has 3 aliphatic rings. The molecule has 5 nitrogen and oxygen atoms in total. The number of nitrogens with zero attached hydrogens (tertiary/aromatic N) is 4. The smallest absolute Gasteiger partial charge is 0.222 e. The Bertz CT molecular complexity index is 1040. The molecular weight excluding hydrogens is 487 g/mol. The van der Waals surface area contributed by atoms with Crippen LogP contribution in [-0.2, 0) is 11.3 Å². The van der Waals surface area contributed by atoms with Crippen molar-refractivity contribution in [2.45, 2.75) is 51.1 Å². The Morgan fingerprint density at radius 1 is 0.892 bits per heavy atom. The fourth-order valence-electron chi connectivity index (χ4n) is 6.48. The van der Waals surface area contributed by atoms with Crippen LogP contribution in [-0.4, -0.2) is 79.0 Å². The van der Waals surface area contributed by atoms with Crippen LogP contribution in [0.4, 0.5) is 10.1 Å². The minimum Gasteiger partial charge on any atom is -0.367 e. The van der Waals surface area contributed by atoms with Gasteiger partial charge in [-0.2, -0.15) is 0 Å². The molecule has 0 aromatic heterocycles. The first-order valence-corrected chi connectivity index (χ1v) is 14.4. The lowest BCUT2D eigenvalue weighted by Gasteiger charge is -2.47. The zero-order valence-corrected chi connectivity index (χ0v) is 22.6. The van der Waals surface area contributed by atoms with E-state index in [1.54, 1.807) is 12.1 Å². The number of anilines is 1. The Hall–Kier alpha value is -2.15. The van der Waals surface area contributed by atoms with Crippen LogP contribution in [0.1, 0.15) is 44.1 Å². The SMILES string of the molecule is O=C(CC[C@H]1CN(Cc2ccccc2Cl)CC[C@H]1N1CCN(c2ccccc2F)CC1)N1CCCCC1. The lowest BCUT2D eigenvalue weighted by atomic mass is 9.86. The van der Waals surface area contributed by atoms with Crippen molar-refractivity contribution in [1.82, 2.24) is 14.7 Å². The number of likely N-dealkylation sites (tertiary alicyclic amines) is 2. The van der Waals surface area contributed by atoms with Crippen molar-refractivity contribution in [2.75, 3.05) is 57.3 Å². The maximum Gasteiger partial charge on any atom is 0.222 e. The van der Waals surface area contributed by atoms with Gasteiger partial charge in [-0.3, -0.25) is 14.6 Å². The molecule has 0 radical (unpaired) electrons. The van der Waals surface area contributed by atoms with Gasteiger partial charge in [0.2, 0.25) is 5.91 Å². The van der Waals surface area contributed by atoms with Gasteiger partial charge in [0, 0.05) is 69.8 Å². The normalized spacial score (nSPS) is 23.8. The summed E-state index contributed by atoms with van der Waals surface area (Å²) in [6, 6.07) is 15.7. The molecule has 3 saturated heterocycles. The first-order chi connectivity index (χ1) is 18.1. The summed E-state index contributed by atoms with van der Waals surface area (Å²) in [6.07, 6.45) is 6.16. The fourth-order valence-corrected chi connectivity index (χ4v) is 6.68. The first-order valence-electron chi connectivity index (χ1n) is 14.1. The van der Waals surface area contributed by atoms with Crippen LogP contribution >= 0.6 is 11.6 Å². The molecule has 0 aliphatic carbocycles. The second kappa shape index (κ2) is 12.6. The highest BCUT2D eigenvalue weighted by atomic mass is 35.5. The second-order valence-corrected chi connectivity index (χ2v) is 11.3. The maximum absolute atomic E-state index is 14.4. The zero-order chi connectivity index (χ0) is 25.6. The Morgan fingerprint density at radius 2 is 1.62 bits per heavy atom. The number of benzene rings is 2. The summed E-state index contributed by atoms with van der Waals surface area (Å²) < 4.78 is 14.4. The molecule has 2 atom stereocenters. The molecule has 7 heteroatoms. The average molecular weight is 527 g/mol. The van der Waals surface area contributed by atoms with Gasteiger partial charge in [0.05, 0.1) is 5.69 Å². The molecule has 5 rings (SSSR count). The van der Waals surface area contributed by atoms with Crippen LogP contribution in [0.5, 0.6) is 0 Å². The quantitative estimate of drug-likeness (QED) is 0.491. The number of piperazine rings is 1. The van der Waals surface area contributed by atoms with Gasteiger partial charge in [0.25, 0.3) is 0 Å². The number of halogens is 2. The highest BCUT2D eigenvalue weighted by Crippen LogP contribution is 2.30. The molecule has 0 bridgehead atoms. The number of para-hydroxylation sites is 1. The van der Waals surface area contributed by atoms with E-state index in [0.717, 1.165) is 89.6 Å². The van der Waals surface area contributed by atoms with Gasteiger partial charge in [-0.15, -0.1) is 0 Å². The number of hydrogen-bond acceptors (Lipinski definition) is 4. The van der Waals surface area contributed by atoms with Gasteiger partial charge >= 0.3 is 0 Å².